The van der Waals surface area contributed by atoms with Gasteiger partial charge in [0.15, 0.2) is 0 Å². The minimum absolute atomic E-state index is 0.197. The molecule has 0 fully saturated rings. The van der Waals surface area contributed by atoms with Crippen molar-refractivity contribution in [3.63, 3.8) is 0 Å². The highest BCUT2D eigenvalue weighted by atomic mass is 16.6. The fraction of sp³-hybridized carbons (Fsp3) is 0.917. The van der Waals surface area contributed by atoms with E-state index in [0.717, 1.165) is 19.4 Å². The van der Waals surface area contributed by atoms with Gasteiger partial charge in [0.1, 0.15) is 6.61 Å². The molecule has 0 saturated heterocycles. The SMILES string of the molecule is CCCCOCCOC(=O)CCC(C)(C)N. The summed E-state index contributed by atoms with van der Waals surface area (Å²) in [4.78, 5) is 11.2. The Bertz CT molecular complexity index is 187. The number of nitrogens with two attached hydrogens (primary N) is 1. The summed E-state index contributed by atoms with van der Waals surface area (Å²) in [6.07, 6.45) is 3.18. The normalized spacial score (nSPS) is 11.5. The maximum atomic E-state index is 11.2. The van der Waals surface area contributed by atoms with Crippen LogP contribution in [0.2, 0.25) is 0 Å². The summed E-state index contributed by atoms with van der Waals surface area (Å²) in [5.74, 6) is -0.197. The second-order valence-electron chi connectivity index (χ2n) is 4.67. The van der Waals surface area contributed by atoms with Gasteiger partial charge in [-0.15, -0.1) is 0 Å². The molecule has 0 aliphatic rings. The van der Waals surface area contributed by atoms with Crippen LogP contribution in [-0.2, 0) is 14.3 Å². The number of rotatable bonds is 9. The molecule has 0 amide bonds. The highest BCUT2D eigenvalue weighted by Crippen LogP contribution is 2.07. The van der Waals surface area contributed by atoms with Crippen LogP contribution in [0.15, 0.2) is 0 Å². The van der Waals surface area contributed by atoms with Crippen molar-refractivity contribution >= 4 is 5.97 Å². The van der Waals surface area contributed by atoms with Crippen molar-refractivity contribution in [2.24, 2.45) is 5.73 Å². The Morgan fingerprint density at radius 1 is 1.25 bits per heavy atom. The molecule has 16 heavy (non-hydrogen) atoms. The quantitative estimate of drug-likeness (QED) is 0.486. The zero-order chi connectivity index (χ0) is 12.4. The lowest BCUT2D eigenvalue weighted by Crippen LogP contribution is -2.32. The number of hydrogen-bond donors (Lipinski definition) is 1. The number of ether oxygens (including phenoxy) is 2. The molecule has 0 atom stereocenters. The topological polar surface area (TPSA) is 61.5 Å². The molecule has 0 saturated carbocycles. The van der Waals surface area contributed by atoms with E-state index in [9.17, 15) is 4.79 Å². The largest absolute Gasteiger partial charge is 0.463 e. The second-order valence-corrected chi connectivity index (χ2v) is 4.67. The smallest absolute Gasteiger partial charge is 0.305 e. The van der Waals surface area contributed by atoms with Crippen LogP contribution in [-0.4, -0.2) is 31.3 Å². The van der Waals surface area contributed by atoms with Gasteiger partial charge in [-0.3, -0.25) is 4.79 Å². The van der Waals surface area contributed by atoms with Crippen molar-refractivity contribution in [3.05, 3.63) is 0 Å². The van der Waals surface area contributed by atoms with E-state index in [2.05, 4.69) is 6.92 Å². The zero-order valence-electron chi connectivity index (χ0n) is 10.8. The van der Waals surface area contributed by atoms with Crippen molar-refractivity contribution in [2.75, 3.05) is 19.8 Å². The molecule has 0 aromatic heterocycles. The molecule has 0 aromatic rings. The van der Waals surface area contributed by atoms with Crippen molar-refractivity contribution < 1.29 is 14.3 Å². The van der Waals surface area contributed by atoms with Gasteiger partial charge >= 0.3 is 5.97 Å². The lowest BCUT2D eigenvalue weighted by Gasteiger charge is -2.17. The number of hydrogen-bond acceptors (Lipinski definition) is 4. The predicted octanol–water partition coefficient (Wildman–Crippen LogP) is 1.86. The Kier molecular flexibility index (Phi) is 8.21. The average Bonchev–Trinajstić information content (AvgIpc) is 2.19. The Balaban J connectivity index is 3.31. The van der Waals surface area contributed by atoms with Crippen molar-refractivity contribution in [1.82, 2.24) is 0 Å². The minimum Gasteiger partial charge on any atom is -0.463 e. The fourth-order valence-electron chi connectivity index (χ4n) is 1.06. The van der Waals surface area contributed by atoms with Crippen LogP contribution in [0, 0.1) is 0 Å². The van der Waals surface area contributed by atoms with E-state index in [4.69, 9.17) is 15.2 Å². The molecule has 2 N–H and O–H groups in total. The van der Waals surface area contributed by atoms with Gasteiger partial charge in [0, 0.05) is 18.6 Å². The number of unbranched alkanes of at least 4 members (excludes halogenated alkanes) is 1. The third-order valence-corrected chi connectivity index (χ3v) is 2.11. The van der Waals surface area contributed by atoms with E-state index in [1.54, 1.807) is 0 Å². The predicted molar refractivity (Wildman–Crippen MR) is 64.2 cm³/mol. The van der Waals surface area contributed by atoms with Crippen LogP contribution in [0.1, 0.15) is 46.5 Å². The summed E-state index contributed by atoms with van der Waals surface area (Å²) < 4.78 is 10.3. The molecule has 0 heterocycles. The Hall–Kier alpha value is -0.610. The molecule has 0 rings (SSSR count). The van der Waals surface area contributed by atoms with Gasteiger partial charge in [-0.2, -0.15) is 0 Å². The van der Waals surface area contributed by atoms with Crippen molar-refractivity contribution in [1.29, 1.82) is 0 Å². The molecule has 0 aliphatic carbocycles. The maximum absolute atomic E-state index is 11.2. The summed E-state index contributed by atoms with van der Waals surface area (Å²) in [6.45, 7) is 7.47. The van der Waals surface area contributed by atoms with Crippen LogP contribution in [0.3, 0.4) is 0 Å². The van der Waals surface area contributed by atoms with Crippen molar-refractivity contribution in [3.8, 4) is 0 Å². The molecular formula is C12H25NO3. The molecule has 0 unspecified atom stereocenters. The van der Waals surface area contributed by atoms with E-state index >= 15 is 0 Å². The van der Waals surface area contributed by atoms with Crippen LogP contribution in [0.25, 0.3) is 0 Å². The van der Waals surface area contributed by atoms with Gasteiger partial charge in [0.25, 0.3) is 0 Å². The Labute approximate surface area is 98.5 Å². The van der Waals surface area contributed by atoms with Gasteiger partial charge in [-0.1, -0.05) is 13.3 Å². The fourth-order valence-corrected chi connectivity index (χ4v) is 1.06. The molecule has 4 heteroatoms. The van der Waals surface area contributed by atoms with Crippen LogP contribution < -0.4 is 5.73 Å². The highest BCUT2D eigenvalue weighted by Gasteiger charge is 2.13. The molecule has 0 radical (unpaired) electrons. The molecule has 96 valence electrons. The average molecular weight is 231 g/mol. The number of carbonyl (C=O) groups is 1. The first kappa shape index (κ1) is 15.4. The first-order chi connectivity index (χ1) is 7.45. The Morgan fingerprint density at radius 3 is 2.50 bits per heavy atom. The van der Waals surface area contributed by atoms with E-state index in [1.807, 2.05) is 13.8 Å². The summed E-state index contributed by atoms with van der Waals surface area (Å²) in [5, 5.41) is 0. The first-order valence-electron chi connectivity index (χ1n) is 5.98. The van der Waals surface area contributed by atoms with E-state index in [0.29, 0.717) is 26.1 Å². The standard InChI is InChI=1S/C12H25NO3/c1-4-5-8-15-9-10-16-11(14)6-7-12(2,3)13/h4-10,13H2,1-3H3. The first-order valence-corrected chi connectivity index (χ1v) is 5.98. The Morgan fingerprint density at radius 2 is 1.94 bits per heavy atom. The summed E-state index contributed by atoms with van der Waals surface area (Å²) in [5.41, 5.74) is 5.45. The second kappa shape index (κ2) is 8.53. The van der Waals surface area contributed by atoms with Gasteiger partial charge in [0.2, 0.25) is 0 Å². The third kappa shape index (κ3) is 11.5. The van der Waals surface area contributed by atoms with E-state index in [1.165, 1.54) is 0 Å². The summed E-state index contributed by atoms with van der Waals surface area (Å²) >= 11 is 0. The third-order valence-electron chi connectivity index (χ3n) is 2.11. The lowest BCUT2D eigenvalue weighted by atomic mass is 10.0. The molecule has 4 nitrogen and oxygen atoms in total. The number of esters is 1. The molecule has 0 aliphatic heterocycles. The molecule has 0 aromatic carbocycles. The van der Waals surface area contributed by atoms with Crippen LogP contribution in [0.4, 0.5) is 0 Å². The van der Waals surface area contributed by atoms with E-state index < -0.39 is 0 Å². The van der Waals surface area contributed by atoms with E-state index in [-0.39, 0.29) is 11.5 Å². The van der Waals surface area contributed by atoms with Crippen molar-refractivity contribution in [2.45, 2.75) is 52.0 Å². The van der Waals surface area contributed by atoms with Gasteiger partial charge in [-0.25, -0.2) is 0 Å². The lowest BCUT2D eigenvalue weighted by molar-refractivity contribution is -0.145. The summed E-state index contributed by atoms with van der Waals surface area (Å²) in [6, 6.07) is 0. The van der Waals surface area contributed by atoms with Gasteiger partial charge in [0.05, 0.1) is 6.61 Å². The van der Waals surface area contributed by atoms with Crippen LogP contribution in [0.5, 0.6) is 0 Å². The molecular weight excluding hydrogens is 206 g/mol. The molecule has 0 spiro atoms. The monoisotopic (exact) mass is 231 g/mol. The number of carbonyl (C=O) groups excluding carboxylic acids is 1. The molecule has 0 bridgehead atoms. The highest BCUT2D eigenvalue weighted by molar-refractivity contribution is 5.69. The summed E-state index contributed by atoms with van der Waals surface area (Å²) in [7, 11) is 0. The van der Waals surface area contributed by atoms with Gasteiger partial charge in [-0.05, 0) is 26.7 Å². The van der Waals surface area contributed by atoms with Crippen LogP contribution >= 0.6 is 0 Å². The zero-order valence-corrected chi connectivity index (χ0v) is 10.8. The minimum atomic E-state index is -0.309. The van der Waals surface area contributed by atoms with Gasteiger partial charge < -0.3 is 15.2 Å². The maximum Gasteiger partial charge on any atom is 0.305 e.